The molecule has 7 N–H and O–H groups in total. The molecule has 114 valence electrons. The summed E-state index contributed by atoms with van der Waals surface area (Å²) in [7, 11) is 0. The predicted molar refractivity (Wildman–Crippen MR) is 69.4 cm³/mol. The van der Waals surface area contributed by atoms with Crippen molar-refractivity contribution in [1.29, 1.82) is 0 Å². The number of carboxylic acids is 1. The van der Waals surface area contributed by atoms with Crippen molar-refractivity contribution in [2.24, 2.45) is 11.5 Å². The molecule has 0 aromatic rings. The van der Waals surface area contributed by atoms with Crippen molar-refractivity contribution in [3.8, 4) is 0 Å². The van der Waals surface area contributed by atoms with Crippen LogP contribution in [0.3, 0.4) is 0 Å². The molecule has 9 heteroatoms. The van der Waals surface area contributed by atoms with Crippen LogP contribution in [0.4, 0.5) is 4.79 Å². The van der Waals surface area contributed by atoms with Gasteiger partial charge in [-0.2, -0.15) is 0 Å². The number of urea groups is 1. The largest absolute Gasteiger partial charge is 0.480 e. The minimum atomic E-state index is -1.28. The van der Waals surface area contributed by atoms with Crippen LogP contribution in [0.2, 0.25) is 0 Å². The van der Waals surface area contributed by atoms with Crippen LogP contribution in [0, 0.1) is 0 Å². The molecule has 1 unspecified atom stereocenters. The van der Waals surface area contributed by atoms with Crippen molar-refractivity contribution in [2.75, 3.05) is 0 Å². The Hall–Kier alpha value is -2.32. The van der Waals surface area contributed by atoms with Gasteiger partial charge in [0.2, 0.25) is 11.8 Å². The van der Waals surface area contributed by atoms with Gasteiger partial charge in [-0.15, -0.1) is 0 Å². The van der Waals surface area contributed by atoms with Crippen LogP contribution in [0.15, 0.2) is 0 Å². The molecular weight excluding hydrogens is 268 g/mol. The Balaban J connectivity index is 4.49. The average Bonchev–Trinajstić information content (AvgIpc) is 2.20. The molecule has 0 aliphatic rings. The Bertz CT molecular complexity index is 408. The SMILES string of the molecule is CC(C)(CC(N)=O)NC(=O)NC(CCC(N)=O)C(=O)O. The van der Waals surface area contributed by atoms with E-state index < -0.39 is 35.4 Å². The van der Waals surface area contributed by atoms with Crippen molar-refractivity contribution in [3.05, 3.63) is 0 Å². The third-order valence-electron chi connectivity index (χ3n) is 2.35. The smallest absolute Gasteiger partial charge is 0.326 e. The fourth-order valence-corrected chi connectivity index (χ4v) is 1.53. The summed E-state index contributed by atoms with van der Waals surface area (Å²) >= 11 is 0. The van der Waals surface area contributed by atoms with Gasteiger partial charge >= 0.3 is 12.0 Å². The maximum absolute atomic E-state index is 11.6. The lowest BCUT2D eigenvalue weighted by Gasteiger charge is -2.26. The third-order valence-corrected chi connectivity index (χ3v) is 2.35. The van der Waals surface area contributed by atoms with Crippen LogP contribution < -0.4 is 22.1 Å². The summed E-state index contributed by atoms with van der Waals surface area (Å²) in [5, 5.41) is 13.5. The molecule has 0 rings (SSSR count). The summed E-state index contributed by atoms with van der Waals surface area (Å²) in [6.45, 7) is 3.13. The Kier molecular flexibility index (Phi) is 6.47. The molecule has 0 spiro atoms. The lowest BCUT2D eigenvalue weighted by molar-refractivity contribution is -0.139. The number of carbonyl (C=O) groups is 4. The van der Waals surface area contributed by atoms with E-state index in [-0.39, 0.29) is 19.3 Å². The topological polar surface area (TPSA) is 165 Å². The number of amides is 4. The molecular formula is C11H20N4O5. The van der Waals surface area contributed by atoms with Gasteiger partial charge in [0.15, 0.2) is 0 Å². The number of nitrogens with two attached hydrogens (primary N) is 2. The highest BCUT2D eigenvalue weighted by atomic mass is 16.4. The molecule has 0 aliphatic heterocycles. The molecule has 0 bridgehead atoms. The fourth-order valence-electron chi connectivity index (χ4n) is 1.53. The fraction of sp³-hybridized carbons (Fsp3) is 0.636. The Morgan fingerprint density at radius 3 is 2.10 bits per heavy atom. The molecule has 9 nitrogen and oxygen atoms in total. The minimum Gasteiger partial charge on any atom is -0.480 e. The van der Waals surface area contributed by atoms with Gasteiger partial charge < -0.3 is 27.2 Å². The van der Waals surface area contributed by atoms with Crippen LogP contribution >= 0.6 is 0 Å². The summed E-state index contributed by atoms with van der Waals surface area (Å²) in [6, 6.07) is -2.01. The Labute approximate surface area is 116 Å². The van der Waals surface area contributed by atoms with Gasteiger partial charge in [0, 0.05) is 18.4 Å². The zero-order valence-corrected chi connectivity index (χ0v) is 11.4. The molecule has 0 radical (unpaired) electrons. The molecule has 20 heavy (non-hydrogen) atoms. The first-order valence-electron chi connectivity index (χ1n) is 5.91. The van der Waals surface area contributed by atoms with E-state index in [1.807, 2.05) is 0 Å². The molecule has 4 amide bonds. The maximum atomic E-state index is 11.6. The first kappa shape index (κ1) is 17.7. The number of carbonyl (C=O) groups excluding carboxylic acids is 3. The summed E-state index contributed by atoms with van der Waals surface area (Å²) in [5.41, 5.74) is 9.03. The van der Waals surface area contributed by atoms with Gasteiger partial charge in [-0.3, -0.25) is 9.59 Å². The highest BCUT2D eigenvalue weighted by molar-refractivity contribution is 5.84. The Morgan fingerprint density at radius 2 is 1.70 bits per heavy atom. The molecule has 0 saturated carbocycles. The van der Waals surface area contributed by atoms with E-state index >= 15 is 0 Å². The van der Waals surface area contributed by atoms with E-state index in [1.165, 1.54) is 0 Å². The first-order chi connectivity index (χ1) is 9.03. The standard InChI is InChI=1S/C11H20N4O5/c1-11(2,5-8(13)17)15-10(20)14-6(9(18)19)3-4-7(12)16/h6H,3-5H2,1-2H3,(H2,12,16)(H2,13,17)(H,18,19)(H2,14,15,20). The van der Waals surface area contributed by atoms with E-state index in [9.17, 15) is 19.2 Å². The molecule has 0 aromatic carbocycles. The van der Waals surface area contributed by atoms with Crippen LogP contribution in [0.1, 0.15) is 33.1 Å². The number of carboxylic acid groups (broad SMARTS) is 1. The lowest BCUT2D eigenvalue weighted by atomic mass is 10.0. The number of primary amides is 2. The molecule has 0 aliphatic carbocycles. The van der Waals surface area contributed by atoms with Crippen LogP contribution in [-0.4, -0.2) is 40.5 Å². The van der Waals surface area contributed by atoms with Gasteiger partial charge in [0.05, 0.1) is 0 Å². The molecule has 0 aromatic heterocycles. The summed E-state index contributed by atoms with van der Waals surface area (Å²) in [6.07, 6.45) is -0.379. The number of hydrogen-bond acceptors (Lipinski definition) is 4. The van der Waals surface area contributed by atoms with Crippen molar-refractivity contribution in [1.82, 2.24) is 10.6 Å². The molecule has 1 atom stereocenters. The lowest BCUT2D eigenvalue weighted by Crippen LogP contribution is -2.53. The highest BCUT2D eigenvalue weighted by Crippen LogP contribution is 2.07. The van der Waals surface area contributed by atoms with Gasteiger partial charge in [-0.1, -0.05) is 0 Å². The highest BCUT2D eigenvalue weighted by Gasteiger charge is 2.26. The molecule has 0 fully saturated rings. The second kappa shape index (κ2) is 7.31. The van der Waals surface area contributed by atoms with Crippen LogP contribution in [-0.2, 0) is 14.4 Å². The number of rotatable bonds is 8. The number of aliphatic carboxylic acids is 1. The van der Waals surface area contributed by atoms with Crippen LogP contribution in [0.25, 0.3) is 0 Å². The van der Waals surface area contributed by atoms with E-state index in [4.69, 9.17) is 16.6 Å². The van der Waals surface area contributed by atoms with E-state index in [2.05, 4.69) is 10.6 Å². The van der Waals surface area contributed by atoms with E-state index in [1.54, 1.807) is 13.8 Å². The second-order valence-electron chi connectivity index (χ2n) is 5.02. The zero-order valence-electron chi connectivity index (χ0n) is 11.4. The number of nitrogens with one attached hydrogen (secondary N) is 2. The quantitative estimate of drug-likeness (QED) is 0.372. The zero-order chi connectivity index (χ0) is 15.9. The van der Waals surface area contributed by atoms with Crippen molar-refractivity contribution in [3.63, 3.8) is 0 Å². The summed E-state index contributed by atoms with van der Waals surface area (Å²) in [5.74, 6) is -2.54. The monoisotopic (exact) mass is 288 g/mol. The molecule has 0 heterocycles. The predicted octanol–water partition coefficient (Wildman–Crippen LogP) is -1.34. The van der Waals surface area contributed by atoms with Crippen LogP contribution in [0.5, 0.6) is 0 Å². The minimum absolute atomic E-state index is 0.0978. The maximum Gasteiger partial charge on any atom is 0.326 e. The van der Waals surface area contributed by atoms with Crippen molar-refractivity contribution >= 4 is 23.8 Å². The average molecular weight is 288 g/mol. The first-order valence-corrected chi connectivity index (χ1v) is 5.91. The van der Waals surface area contributed by atoms with E-state index in [0.29, 0.717) is 0 Å². The van der Waals surface area contributed by atoms with Crippen molar-refractivity contribution < 1.29 is 24.3 Å². The summed E-state index contributed by atoms with van der Waals surface area (Å²) in [4.78, 5) is 44.0. The normalized spacial score (nSPS) is 12.3. The van der Waals surface area contributed by atoms with Gasteiger partial charge in [0.1, 0.15) is 6.04 Å². The van der Waals surface area contributed by atoms with Gasteiger partial charge in [-0.05, 0) is 20.3 Å². The molecule has 0 saturated heterocycles. The van der Waals surface area contributed by atoms with Crippen molar-refractivity contribution in [2.45, 2.75) is 44.7 Å². The summed E-state index contributed by atoms with van der Waals surface area (Å²) < 4.78 is 0. The van der Waals surface area contributed by atoms with Gasteiger partial charge in [-0.25, -0.2) is 9.59 Å². The second-order valence-corrected chi connectivity index (χ2v) is 5.02. The Morgan fingerprint density at radius 1 is 1.15 bits per heavy atom. The van der Waals surface area contributed by atoms with Gasteiger partial charge in [0.25, 0.3) is 0 Å². The number of hydrogen-bond donors (Lipinski definition) is 5. The third kappa shape index (κ3) is 7.90. The van der Waals surface area contributed by atoms with E-state index in [0.717, 1.165) is 0 Å².